The summed E-state index contributed by atoms with van der Waals surface area (Å²) < 4.78 is 0. The first-order chi connectivity index (χ1) is 8.00. The molecule has 1 heterocycles. The van der Waals surface area contributed by atoms with Gasteiger partial charge in [0.15, 0.2) is 0 Å². The molecule has 0 aromatic heterocycles. The summed E-state index contributed by atoms with van der Waals surface area (Å²) in [6, 6.07) is -0.398. The molecule has 1 fully saturated rings. The van der Waals surface area contributed by atoms with Crippen LogP contribution in [0.25, 0.3) is 0 Å². The van der Waals surface area contributed by atoms with E-state index in [2.05, 4.69) is 5.32 Å². The molecule has 1 rings (SSSR count). The minimum absolute atomic E-state index is 0.398. The van der Waals surface area contributed by atoms with Crippen LogP contribution < -0.4 is 5.32 Å². The van der Waals surface area contributed by atoms with Gasteiger partial charge < -0.3 is 15.5 Å². The van der Waals surface area contributed by atoms with Crippen molar-refractivity contribution in [3.8, 4) is 0 Å². The normalized spacial score (nSPS) is 25.8. The Morgan fingerprint density at radius 1 is 1.41 bits per heavy atom. The van der Waals surface area contributed by atoms with Crippen LogP contribution in [0.4, 0.5) is 0 Å². The van der Waals surface area contributed by atoms with Crippen LogP contribution in [0.2, 0.25) is 0 Å². The van der Waals surface area contributed by atoms with Gasteiger partial charge in [-0.3, -0.25) is 4.79 Å². The van der Waals surface area contributed by atoms with Crippen LogP contribution in [0, 0.1) is 5.92 Å². The fourth-order valence-electron chi connectivity index (χ4n) is 2.52. The third kappa shape index (κ3) is 4.28. The van der Waals surface area contributed by atoms with Crippen molar-refractivity contribution in [1.29, 1.82) is 0 Å². The highest BCUT2D eigenvalue weighted by Crippen LogP contribution is 2.28. The Morgan fingerprint density at radius 3 is 2.59 bits per heavy atom. The molecule has 1 aliphatic heterocycles. The molecule has 0 aromatic rings. The van der Waals surface area contributed by atoms with Crippen molar-refractivity contribution < 1.29 is 15.0 Å². The molecule has 0 aliphatic carbocycles. The zero-order valence-corrected chi connectivity index (χ0v) is 10.9. The molecular weight excluding hydrogens is 218 g/mol. The van der Waals surface area contributed by atoms with Crippen LogP contribution >= 0.6 is 0 Å². The number of carboxylic acid groups (broad SMARTS) is 1. The van der Waals surface area contributed by atoms with Crippen molar-refractivity contribution in [2.45, 2.75) is 64.0 Å². The fraction of sp³-hybridized carbons (Fsp3) is 0.923. The van der Waals surface area contributed by atoms with Crippen LogP contribution in [0.3, 0.4) is 0 Å². The van der Waals surface area contributed by atoms with Crippen molar-refractivity contribution in [3.05, 3.63) is 0 Å². The number of carboxylic acids is 1. The van der Waals surface area contributed by atoms with E-state index in [4.69, 9.17) is 5.11 Å². The van der Waals surface area contributed by atoms with Crippen molar-refractivity contribution in [2.24, 2.45) is 5.92 Å². The summed E-state index contributed by atoms with van der Waals surface area (Å²) in [4.78, 5) is 10.9. The average molecular weight is 243 g/mol. The summed E-state index contributed by atoms with van der Waals surface area (Å²) in [6.45, 7) is 4.79. The number of piperidine rings is 1. The van der Waals surface area contributed by atoms with E-state index in [1.807, 2.05) is 13.8 Å². The van der Waals surface area contributed by atoms with E-state index >= 15 is 0 Å². The second-order valence-corrected chi connectivity index (χ2v) is 5.21. The molecule has 4 heteroatoms. The molecule has 2 unspecified atom stereocenters. The molecule has 0 aromatic carbocycles. The van der Waals surface area contributed by atoms with E-state index in [1.165, 1.54) is 0 Å². The first-order valence-electron chi connectivity index (χ1n) is 6.69. The molecule has 1 saturated heterocycles. The maximum absolute atomic E-state index is 10.9. The predicted molar refractivity (Wildman–Crippen MR) is 66.9 cm³/mol. The molecule has 100 valence electrons. The molecule has 0 saturated carbocycles. The van der Waals surface area contributed by atoms with Crippen LogP contribution in [-0.2, 0) is 4.79 Å². The minimum Gasteiger partial charge on any atom is -0.480 e. The van der Waals surface area contributed by atoms with E-state index in [1.54, 1.807) is 0 Å². The number of aliphatic hydroxyl groups is 1. The molecule has 0 spiro atoms. The Morgan fingerprint density at radius 2 is 2.06 bits per heavy atom. The Kier molecular flexibility index (Phi) is 5.40. The third-order valence-corrected chi connectivity index (χ3v) is 4.14. The lowest BCUT2D eigenvalue weighted by Gasteiger charge is -2.31. The summed E-state index contributed by atoms with van der Waals surface area (Å²) in [5.74, 6) is -0.321. The number of hydrogen-bond donors (Lipinski definition) is 3. The molecule has 17 heavy (non-hydrogen) atoms. The predicted octanol–water partition coefficient (Wildman–Crippen LogP) is 1.77. The van der Waals surface area contributed by atoms with Gasteiger partial charge in [-0.05, 0) is 51.0 Å². The number of aliphatic carboxylic acids is 1. The topological polar surface area (TPSA) is 69.6 Å². The molecular formula is C13H25NO3. The maximum atomic E-state index is 10.9. The molecule has 1 aliphatic rings. The van der Waals surface area contributed by atoms with Gasteiger partial charge in [0.2, 0.25) is 0 Å². The standard InChI is InChI=1S/C13H25NO3/c1-3-13(17,4-2)7-5-10-6-8-14-11(9-10)12(15)16/h10-11,14,17H,3-9H2,1-2H3,(H,15,16). The third-order valence-electron chi connectivity index (χ3n) is 4.14. The largest absolute Gasteiger partial charge is 0.480 e. The van der Waals surface area contributed by atoms with Gasteiger partial charge in [-0.25, -0.2) is 0 Å². The van der Waals surface area contributed by atoms with Crippen LogP contribution in [-0.4, -0.2) is 34.4 Å². The minimum atomic E-state index is -0.754. The smallest absolute Gasteiger partial charge is 0.320 e. The second-order valence-electron chi connectivity index (χ2n) is 5.21. The van der Waals surface area contributed by atoms with E-state index in [9.17, 15) is 9.90 Å². The Labute approximate surface area is 103 Å². The number of nitrogens with one attached hydrogen (secondary N) is 1. The lowest BCUT2D eigenvalue weighted by molar-refractivity contribution is -0.140. The quantitative estimate of drug-likeness (QED) is 0.665. The Hall–Kier alpha value is -0.610. The van der Waals surface area contributed by atoms with Gasteiger partial charge in [0.05, 0.1) is 5.60 Å². The average Bonchev–Trinajstić information content (AvgIpc) is 2.36. The molecule has 0 amide bonds. The molecule has 4 nitrogen and oxygen atoms in total. The zero-order chi connectivity index (χ0) is 12.9. The van der Waals surface area contributed by atoms with E-state index in [0.29, 0.717) is 12.3 Å². The molecule has 0 bridgehead atoms. The maximum Gasteiger partial charge on any atom is 0.320 e. The highest BCUT2D eigenvalue weighted by atomic mass is 16.4. The van der Waals surface area contributed by atoms with Crippen molar-refractivity contribution >= 4 is 5.97 Å². The lowest BCUT2D eigenvalue weighted by Crippen LogP contribution is -2.43. The number of rotatable bonds is 6. The van der Waals surface area contributed by atoms with Crippen LogP contribution in [0.5, 0.6) is 0 Å². The number of carbonyl (C=O) groups is 1. The lowest BCUT2D eigenvalue weighted by atomic mass is 9.83. The summed E-state index contributed by atoms with van der Waals surface area (Å²) in [7, 11) is 0. The van der Waals surface area contributed by atoms with Gasteiger partial charge in [-0.1, -0.05) is 13.8 Å². The first kappa shape index (κ1) is 14.5. The van der Waals surface area contributed by atoms with Gasteiger partial charge in [0, 0.05) is 0 Å². The van der Waals surface area contributed by atoms with Crippen molar-refractivity contribution in [1.82, 2.24) is 5.32 Å². The summed E-state index contributed by atoms with van der Waals surface area (Å²) in [6.07, 6.45) is 4.99. The molecule has 0 radical (unpaired) electrons. The molecule has 2 atom stereocenters. The van der Waals surface area contributed by atoms with Gasteiger partial charge in [-0.15, -0.1) is 0 Å². The zero-order valence-electron chi connectivity index (χ0n) is 10.9. The van der Waals surface area contributed by atoms with Gasteiger partial charge in [0.1, 0.15) is 6.04 Å². The first-order valence-corrected chi connectivity index (χ1v) is 6.69. The fourth-order valence-corrected chi connectivity index (χ4v) is 2.52. The Balaban J connectivity index is 2.39. The van der Waals surface area contributed by atoms with Gasteiger partial charge in [0.25, 0.3) is 0 Å². The van der Waals surface area contributed by atoms with Crippen LogP contribution in [0.1, 0.15) is 52.4 Å². The Bertz CT molecular complexity index is 251. The van der Waals surface area contributed by atoms with Gasteiger partial charge >= 0.3 is 5.97 Å². The SMILES string of the molecule is CCC(O)(CC)CCC1CCNC(C(=O)O)C1. The van der Waals surface area contributed by atoms with Gasteiger partial charge in [-0.2, -0.15) is 0 Å². The second kappa shape index (κ2) is 6.36. The van der Waals surface area contributed by atoms with E-state index < -0.39 is 17.6 Å². The highest BCUT2D eigenvalue weighted by Gasteiger charge is 2.29. The van der Waals surface area contributed by atoms with E-state index in [0.717, 1.165) is 38.6 Å². The number of hydrogen-bond acceptors (Lipinski definition) is 3. The van der Waals surface area contributed by atoms with Crippen molar-refractivity contribution in [2.75, 3.05) is 6.54 Å². The monoisotopic (exact) mass is 243 g/mol. The summed E-state index contributed by atoms with van der Waals surface area (Å²) >= 11 is 0. The summed E-state index contributed by atoms with van der Waals surface area (Å²) in [5, 5.41) is 22.2. The molecule has 3 N–H and O–H groups in total. The van der Waals surface area contributed by atoms with Crippen LogP contribution in [0.15, 0.2) is 0 Å². The van der Waals surface area contributed by atoms with Crippen molar-refractivity contribution in [3.63, 3.8) is 0 Å². The van der Waals surface area contributed by atoms with E-state index in [-0.39, 0.29) is 0 Å². The highest BCUT2D eigenvalue weighted by molar-refractivity contribution is 5.73. The summed E-state index contributed by atoms with van der Waals surface area (Å²) in [5.41, 5.74) is -0.552.